The summed E-state index contributed by atoms with van der Waals surface area (Å²) in [4.78, 5) is 46.2. The topological polar surface area (TPSA) is 85.9 Å². The Morgan fingerprint density at radius 1 is 1.06 bits per heavy atom. The molecule has 1 saturated heterocycles. The van der Waals surface area contributed by atoms with E-state index < -0.39 is 24.4 Å². The molecule has 1 fully saturated rings. The molecule has 2 aromatic rings. The number of Topliss-reactive ketones (excluding diaryl/α,β-unsaturated/α-hetero) is 1. The number of nitrogens with one attached hydrogen (secondary N) is 1. The van der Waals surface area contributed by atoms with Crippen molar-refractivity contribution in [2.24, 2.45) is 0 Å². The Morgan fingerprint density at radius 3 is 2.26 bits per heavy atom. The number of anilines is 1. The number of piperazine rings is 1. The van der Waals surface area contributed by atoms with Crippen LogP contribution in [0.15, 0.2) is 42.6 Å². The van der Waals surface area contributed by atoms with E-state index in [2.05, 4.69) is 16.8 Å². The Hall–Kier alpha value is -3.18. The summed E-state index contributed by atoms with van der Waals surface area (Å²) in [6.45, 7) is 5.00. The van der Waals surface area contributed by atoms with Crippen molar-refractivity contribution < 1.29 is 27.6 Å². The lowest BCUT2D eigenvalue weighted by Crippen LogP contribution is -2.52. The third-order valence-electron chi connectivity index (χ3n) is 5.59. The molecule has 188 valence electrons. The number of hydrogen-bond donors (Lipinski definition) is 1. The van der Waals surface area contributed by atoms with Crippen molar-refractivity contribution in [3.8, 4) is 0 Å². The first-order chi connectivity index (χ1) is 16.6. The number of halogens is 4. The normalized spacial score (nSPS) is 14.5. The molecule has 1 aliphatic heterocycles. The molecule has 8 nitrogen and oxygen atoms in total. The maximum atomic E-state index is 13.4. The molecule has 0 atom stereocenters. The number of amides is 3. The molecule has 1 aromatic heterocycles. The molecule has 0 spiro atoms. The second-order valence-corrected chi connectivity index (χ2v) is 8.34. The van der Waals surface area contributed by atoms with Crippen molar-refractivity contribution >= 4 is 35.0 Å². The van der Waals surface area contributed by atoms with E-state index in [0.29, 0.717) is 29.5 Å². The number of urea groups is 1. The minimum atomic E-state index is -5.07. The van der Waals surface area contributed by atoms with E-state index in [0.717, 1.165) is 19.6 Å². The highest BCUT2D eigenvalue weighted by Crippen LogP contribution is 2.22. The molecule has 0 radical (unpaired) electrons. The lowest BCUT2D eigenvalue weighted by molar-refractivity contribution is -0.173. The van der Waals surface area contributed by atoms with Gasteiger partial charge in [-0.1, -0.05) is 18.5 Å². The lowest BCUT2D eigenvalue weighted by Gasteiger charge is -2.37. The number of aromatic nitrogens is 1. The number of carbonyl (C=O) groups is 3. The molecule has 1 aromatic carbocycles. The zero-order valence-electron chi connectivity index (χ0n) is 19.0. The van der Waals surface area contributed by atoms with Crippen LogP contribution in [0.1, 0.15) is 23.0 Å². The molecule has 1 aliphatic rings. The fraction of sp³-hybridized carbons (Fsp3) is 0.391. The SMILES string of the molecule is CCN1CCN(C(=O)N(Cc2ccc(C(=O)CNC(=O)C(F)(F)F)cn2)c2ccc(Cl)cc2)CC1. The van der Waals surface area contributed by atoms with Crippen molar-refractivity contribution in [2.75, 3.05) is 44.2 Å². The number of hydrogen-bond acceptors (Lipinski definition) is 5. The fourth-order valence-corrected chi connectivity index (χ4v) is 3.65. The molecule has 0 bridgehead atoms. The van der Waals surface area contributed by atoms with Crippen molar-refractivity contribution in [1.82, 2.24) is 20.1 Å². The maximum absolute atomic E-state index is 13.4. The number of ketones is 1. The molecule has 12 heteroatoms. The Labute approximate surface area is 205 Å². The Balaban J connectivity index is 1.71. The largest absolute Gasteiger partial charge is 0.471 e. The van der Waals surface area contributed by atoms with Gasteiger partial charge in [-0.15, -0.1) is 0 Å². The first kappa shape index (κ1) is 26.4. The fourth-order valence-electron chi connectivity index (χ4n) is 3.52. The second kappa shape index (κ2) is 11.5. The Morgan fingerprint density at radius 2 is 1.71 bits per heavy atom. The van der Waals surface area contributed by atoms with Crippen molar-refractivity contribution in [1.29, 1.82) is 0 Å². The average Bonchev–Trinajstić information content (AvgIpc) is 2.85. The minimum absolute atomic E-state index is 0.0382. The van der Waals surface area contributed by atoms with E-state index >= 15 is 0 Å². The molecule has 0 aliphatic carbocycles. The summed E-state index contributed by atoms with van der Waals surface area (Å²) in [5.41, 5.74) is 1.13. The molecule has 2 heterocycles. The van der Waals surface area contributed by atoms with Crippen LogP contribution in [-0.4, -0.2) is 78.0 Å². The van der Waals surface area contributed by atoms with Gasteiger partial charge >= 0.3 is 18.1 Å². The maximum Gasteiger partial charge on any atom is 0.471 e. The van der Waals surface area contributed by atoms with E-state index in [-0.39, 0.29) is 18.1 Å². The number of likely N-dealkylation sites (N-methyl/N-ethyl adjacent to an activating group) is 1. The summed E-state index contributed by atoms with van der Waals surface area (Å²) >= 11 is 6.00. The standard InChI is InChI=1S/C23H25ClF3N5O3/c1-2-30-9-11-31(12-10-30)22(35)32(19-7-4-17(24)5-8-19)15-18-6-3-16(13-28-18)20(33)14-29-21(34)23(25,26)27/h3-8,13H,2,9-12,14-15H2,1H3,(H,29,34). The first-order valence-electron chi connectivity index (χ1n) is 11.0. The Bertz CT molecular complexity index is 1040. The van der Waals surface area contributed by atoms with E-state index in [9.17, 15) is 27.6 Å². The van der Waals surface area contributed by atoms with E-state index in [1.54, 1.807) is 34.1 Å². The highest BCUT2D eigenvalue weighted by molar-refractivity contribution is 6.30. The summed E-state index contributed by atoms with van der Waals surface area (Å²) in [7, 11) is 0. The summed E-state index contributed by atoms with van der Waals surface area (Å²) in [5.74, 6) is -2.91. The highest BCUT2D eigenvalue weighted by atomic mass is 35.5. The number of carbonyl (C=O) groups excluding carboxylic acids is 3. The zero-order chi connectivity index (χ0) is 25.6. The minimum Gasteiger partial charge on any atom is -0.341 e. The van der Waals surface area contributed by atoms with Crippen molar-refractivity contribution in [3.05, 3.63) is 58.9 Å². The summed E-state index contributed by atoms with van der Waals surface area (Å²) in [6.07, 6.45) is -3.86. The number of alkyl halides is 3. The van der Waals surface area contributed by atoms with Gasteiger partial charge in [0.1, 0.15) is 0 Å². The van der Waals surface area contributed by atoms with Crippen LogP contribution < -0.4 is 10.2 Å². The Kier molecular flexibility index (Phi) is 8.68. The van der Waals surface area contributed by atoms with E-state index in [4.69, 9.17) is 11.6 Å². The highest BCUT2D eigenvalue weighted by Gasteiger charge is 2.38. The first-order valence-corrected chi connectivity index (χ1v) is 11.3. The van der Waals surface area contributed by atoms with Crippen LogP contribution in [0, 0.1) is 0 Å². The predicted molar refractivity (Wildman–Crippen MR) is 124 cm³/mol. The summed E-state index contributed by atoms with van der Waals surface area (Å²) < 4.78 is 36.9. The third-order valence-corrected chi connectivity index (χ3v) is 5.84. The van der Waals surface area contributed by atoms with Crippen LogP contribution in [-0.2, 0) is 11.3 Å². The van der Waals surface area contributed by atoms with Gasteiger partial charge in [0.15, 0.2) is 5.78 Å². The van der Waals surface area contributed by atoms with Gasteiger partial charge in [0, 0.05) is 48.6 Å². The van der Waals surface area contributed by atoms with Gasteiger partial charge in [0.05, 0.1) is 18.8 Å². The predicted octanol–water partition coefficient (Wildman–Crippen LogP) is 3.36. The molecule has 3 amide bonds. The van der Waals surface area contributed by atoms with Crippen LogP contribution in [0.5, 0.6) is 0 Å². The lowest BCUT2D eigenvalue weighted by atomic mass is 10.1. The molecule has 0 unspecified atom stereocenters. The second-order valence-electron chi connectivity index (χ2n) is 7.91. The van der Waals surface area contributed by atoms with Crippen molar-refractivity contribution in [3.63, 3.8) is 0 Å². The van der Waals surface area contributed by atoms with Crippen LogP contribution in [0.25, 0.3) is 0 Å². The number of rotatable bonds is 7. The van der Waals surface area contributed by atoms with Crippen LogP contribution >= 0.6 is 11.6 Å². The van der Waals surface area contributed by atoms with Gasteiger partial charge in [0.2, 0.25) is 0 Å². The third kappa shape index (κ3) is 7.15. The summed E-state index contributed by atoms with van der Waals surface area (Å²) in [5, 5.41) is 2.06. The summed E-state index contributed by atoms with van der Waals surface area (Å²) in [6, 6.07) is 9.53. The molecular weight excluding hydrogens is 487 g/mol. The molecule has 3 rings (SSSR count). The number of nitrogens with zero attached hydrogens (tertiary/aromatic N) is 4. The van der Waals surface area contributed by atoms with Crippen LogP contribution in [0.4, 0.5) is 23.7 Å². The van der Waals surface area contributed by atoms with Gasteiger partial charge in [-0.2, -0.15) is 13.2 Å². The van der Waals surface area contributed by atoms with Gasteiger partial charge in [0.25, 0.3) is 0 Å². The smallest absolute Gasteiger partial charge is 0.341 e. The van der Waals surface area contributed by atoms with Gasteiger partial charge < -0.3 is 15.1 Å². The quantitative estimate of drug-likeness (QED) is 0.576. The molecule has 1 N–H and O–H groups in total. The van der Waals surface area contributed by atoms with Gasteiger partial charge in [-0.3, -0.25) is 19.5 Å². The zero-order valence-corrected chi connectivity index (χ0v) is 19.8. The van der Waals surface area contributed by atoms with Gasteiger partial charge in [-0.25, -0.2) is 4.79 Å². The van der Waals surface area contributed by atoms with Crippen molar-refractivity contribution in [2.45, 2.75) is 19.6 Å². The number of benzene rings is 1. The average molecular weight is 512 g/mol. The molecular formula is C23H25ClF3N5O3. The number of pyridine rings is 1. The monoisotopic (exact) mass is 511 g/mol. The molecule has 0 saturated carbocycles. The van der Waals surface area contributed by atoms with Crippen LogP contribution in [0.3, 0.4) is 0 Å². The van der Waals surface area contributed by atoms with Crippen LogP contribution in [0.2, 0.25) is 5.02 Å². The van der Waals surface area contributed by atoms with E-state index in [1.165, 1.54) is 23.6 Å². The van der Waals surface area contributed by atoms with Gasteiger partial charge in [-0.05, 0) is 42.9 Å². The molecule has 35 heavy (non-hydrogen) atoms. The van der Waals surface area contributed by atoms with E-state index in [1.807, 2.05) is 0 Å².